The van der Waals surface area contributed by atoms with E-state index in [1.54, 1.807) is 6.08 Å². The highest BCUT2D eigenvalue weighted by Crippen LogP contribution is 2.08. The Kier molecular flexibility index (Phi) is 4.06. The lowest BCUT2D eigenvalue weighted by molar-refractivity contribution is -0.142. The van der Waals surface area contributed by atoms with Crippen LogP contribution in [0.4, 0.5) is 0 Å². The number of hydrogen-bond acceptors (Lipinski definition) is 3. The van der Waals surface area contributed by atoms with E-state index in [-0.39, 0.29) is 5.97 Å². The highest BCUT2D eigenvalue weighted by molar-refractivity contribution is 5.75. The van der Waals surface area contributed by atoms with E-state index in [1.165, 1.54) is 7.11 Å². The first-order valence-corrected chi connectivity index (χ1v) is 4.72. The van der Waals surface area contributed by atoms with E-state index < -0.39 is 6.04 Å². The third-order valence-corrected chi connectivity index (χ3v) is 2.15. The van der Waals surface area contributed by atoms with E-state index in [4.69, 9.17) is 5.73 Å². The fourth-order valence-electron chi connectivity index (χ4n) is 1.34. The van der Waals surface area contributed by atoms with Crippen LogP contribution in [0.3, 0.4) is 0 Å². The van der Waals surface area contributed by atoms with Crippen LogP contribution in [-0.4, -0.2) is 19.1 Å². The second kappa shape index (κ2) is 5.32. The van der Waals surface area contributed by atoms with Crippen LogP contribution in [-0.2, 0) is 16.0 Å². The zero-order valence-corrected chi connectivity index (χ0v) is 8.77. The first-order valence-electron chi connectivity index (χ1n) is 4.72. The second-order valence-electron chi connectivity index (χ2n) is 3.28. The molecule has 3 nitrogen and oxygen atoms in total. The van der Waals surface area contributed by atoms with Crippen molar-refractivity contribution in [1.82, 2.24) is 0 Å². The summed E-state index contributed by atoms with van der Waals surface area (Å²) in [4.78, 5) is 11.1. The van der Waals surface area contributed by atoms with E-state index in [9.17, 15) is 4.79 Å². The SMILES string of the molecule is C=Cc1cccc(C[C@H](N)C(=O)OC)c1. The third-order valence-electron chi connectivity index (χ3n) is 2.15. The molecule has 1 aromatic carbocycles. The monoisotopic (exact) mass is 205 g/mol. The Morgan fingerprint density at radius 2 is 2.40 bits per heavy atom. The molecule has 0 spiro atoms. The molecule has 0 fully saturated rings. The van der Waals surface area contributed by atoms with Gasteiger partial charge in [-0.25, -0.2) is 0 Å². The fourth-order valence-corrected chi connectivity index (χ4v) is 1.34. The molecule has 80 valence electrons. The minimum Gasteiger partial charge on any atom is -0.468 e. The molecular formula is C12H15NO2. The maximum atomic E-state index is 11.1. The number of nitrogens with two attached hydrogens (primary N) is 1. The van der Waals surface area contributed by atoms with Gasteiger partial charge in [0.05, 0.1) is 7.11 Å². The van der Waals surface area contributed by atoms with Crippen LogP contribution in [0.5, 0.6) is 0 Å². The second-order valence-corrected chi connectivity index (χ2v) is 3.28. The van der Waals surface area contributed by atoms with Gasteiger partial charge in [-0.2, -0.15) is 0 Å². The average molecular weight is 205 g/mol. The van der Waals surface area contributed by atoms with Crippen molar-refractivity contribution in [3.05, 3.63) is 42.0 Å². The third kappa shape index (κ3) is 3.22. The van der Waals surface area contributed by atoms with Gasteiger partial charge in [-0.05, 0) is 17.5 Å². The van der Waals surface area contributed by atoms with Crippen LogP contribution in [0.25, 0.3) is 6.08 Å². The molecule has 0 amide bonds. The highest BCUT2D eigenvalue weighted by atomic mass is 16.5. The van der Waals surface area contributed by atoms with Gasteiger partial charge in [-0.15, -0.1) is 0 Å². The lowest BCUT2D eigenvalue weighted by Gasteiger charge is -2.09. The van der Waals surface area contributed by atoms with Crippen LogP contribution >= 0.6 is 0 Å². The summed E-state index contributed by atoms with van der Waals surface area (Å²) in [5.74, 6) is -0.390. The van der Waals surface area contributed by atoms with Gasteiger partial charge in [-0.1, -0.05) is 36.9 Å². The van der Waals surface area contributed by atoms with Crippen molar-refractivity contribution in [2.24, 2.45) is 5.73 Å². The summed E-state index contributed by atoms with van der Waals surface area (Å²) in [6, 6.07) is 7.14. The Balaban J connectivity index is 2.71. The molecule has 0 heterocycles. The summed E-state index contributed by atoms with van der Waals surface area (Å²) in [7, 11) is 1.34. The van der Waals surface area contributed by atoms with Crippen LogP contribution in [0, 0.1) is 0 Å². The molecule has 0 radical (unpaired) electrons. The molecule has 0 aliphatic rings. The topological polar surface area (TPSA) is 52.3 Å². The van der Waals surface area contributed by atoms with Crippen LogP contribution in [0.2, 0.25) is 0 Å². The minimum atomic E-state index is -0.602. The average Bonchev–Trinajstić information content (AvgIpc) is 2.28. The molecule has 1 aromatic rings. The number of hydrogen-bond donors (Lipinski definition) is 1. The van der Waals surface area contributed by atoms with Gasteiger partial charge >= 0.3 is 5.97 Å². The Labute approximate surface area is 89.5 Å². The molecule has 1 rings (SSSR count). The fraction of sp³-hybridized carbons (Fsp3) is 0.250. The Morgan fingerprint density at radius 1 is 1.67 bits per heavy atom. The van der Waals surface area contributed by atoms with Crippen molar-refractivity contribution in [2.45, 2.75) is 12.5 Å². The van der Waals surface area contributed by atoms with Gasteiger partial charge in [0.15, 0.2) is 0 Å². The number of carbonyl (C=O) groups is 1. The summed E-state index contributed by atoms with van der Waals surface area (Å²) >= 11 is 0. The van der Waals surface area contributed by atoms with Crippen molar-refractivity contribution >= 4 is 12.0 Å². The first kappa shape index (κ1) is 11.5. The van der Waals surface area contributed by atoms with Gasteiger partial charge in [0.25, 0.3) is 0 Å². The Bertz CT molecular complexity index is 360. The number of esters is 1. The Hall–Kier alpha value is -1.61. The number of carbonyl (C=O) groups excluding carboxylic acids is 1. The zero-order chi connectivity index (χ0) is 11.3. The largest absolute Gasteiger partial charge is 0.468 e. The normalized spacial score (nSPS) is 11.9. The summed E-state index contributed by atoms with van der Waals surface area (Å²) in [5.41, 5.74) is 7.67. The summed E-state index contributed by atoms with van der Waals surface area (Å²) in [6.45, 7) is 3.68. The van der Waals surface area contributed by atoms with E-state index in [0.717, 1.165) is 11.1 Å². The number of benzene rings is 1. The molecule has 0 unspecified atom stereocenters. The molecule has 0 saturated heterocycles. The number of methoxy groups -OCH3 is 1. The first-order chi connectivity index (χ1) is 7.17. The Morgan fingerprint density at radius 3 is 3.00 bits per heavy atom. The predicted octanol–water partition coefficient (Wildman–Crippen LogP) is 1.37. The summed E-state index contributed by atoms with van der Waals surface area (Å²) in [6.07, 6.45) is 2.24. The molecule has 0 aliphatic heterocycles. The summed E-state index contributed by atoms with van der Waals surface area (Å²) in [5, 5.41) is 0. The summed E-state index contributed by atoms with van der Waals surface area (Å²) < 4.78 is 4.56. The van der Waals surface area contributed by atoms with Gasteiger partial charge in [0.1, 0.15) is 6.04 Å². The molecule has 0 saturated carbocycles. The van der Waals surface area contributed by atoms with E-state index >= 15 is 0 Å². The predicted molar refractivity (Wildman–Crippen MR) is 60.2 cm³/mol. The quantitative estimate of drug-likeness (QED) is 0.755. The van der Waals surface area contributed by atoms with Crippen molar-refractivity contribution in [2.75, 3.05) is 7.11 Å². The van der Waals surface area contributed by atoms with E-state index in [2.05, 4.69) is 11.3 Å². The van der Waals surface area contributed by atoms with Crippen molar-refractivity contribution in [1.29, 1.82) is 0 Å². The van der Waals surface area contributed by atoms with Crippen molar-refractivity contribution < 1.29 is 9.53 Å². The van der Waals surface area contributed by atoms with Crippen molar-refractivity contribution in [3.8, 4) is 0 Å². The van der Waals surface area contributed by atoms with Crippen LogP contribution in [0.15, 0.2) is 30.8 Å². The lowest BCUT2D eigenvalue weighted by atomic mass is 10.0. The maximum absolute atomic E-state index is 11.1. The van der Waals surface area contributed by atoms with Gasteiger partial charge in [0, 0.05) is 0 Å². The van der Waals surface area contributed by atoms with Crippen LogP contribution < -0.4 is 5.73 Å². The molecule has 0 aliphatic carbocycles. The molecule has 15 heavy (non-hydrogen) atoms. The van der Waals surface area contributed by atoms with Gasteiger partial charge in [-0.3, -0.25) is 4.79 Å². The molecular weight excluding hydrogens is 190 g/mol. The van der Waals surface area contributed by atoms with Gasteiger partial charge in [0.2, 0.25) is 0 Å². The molecule has 0 aromatic heterocycles. The number of rotatable bonds is 4. The minimum absolute atomic E-state index is 0.390. The van der Waals surface area contributed by atoms with Crippen LogP contribution in [0.1, 0.15) is 11.1 Å². The smallest absolute Gasteiger partial charge is 0.322 e. The highest BCUT2D eigenvalue weighted by Gasteiger charge is 2.13. The molecule has 2 N–H and O–H groups in total. The van der Waals surface area contributed by atoms with E-state index in [1.807, 2.05) is 24.3 Å². The van der Waals surface area contributed by atoms with Gasteiger partial charge < -0.3 is 10.5 Å². The maximum Gasteiger partial charge on any atom is 0.322 e. The van der Waals surface area contributed by atoms with Crippen molar-refractivity contribution in [3.63, 3.8) is 0 Å². The molecule has 3 heteroatoms. The molecule has 1 atom stereocenters. The number of ether oxygens (including phenoxy) is 1. The molecule has 0 bridgehead atoms. The zero-order valence-electron chi connectivity index (χ0n) is 8.77. The standard InChI is InChI=1S/C12H15NO2/c1-3-9-5-4-6-10(7-9)8-11(13)12(14)15-2/h3-7,11H,1,8,13H2,2H3/t11-/m0/s1. The lowest BCUT2D eigenvalue weighted by Crippen LogP contribution is -2.33. The van der Waals surface area contributed by atoms with E-state index in [0.29, 0.717) is 6.42 Å².